The fourth-order valence-corrected chi connectivity index (χ4v) is 6.35. The van der Waals surface area contributed by atoms with Crippen molar-refractivity contribution in [2.75, 3.05) is 58.9 Å². The first kappa shape index (κ1) is 27.5. The van der Waals surface area contributed by atoms with Gasteiger partial charge in [0.2, 0.25) is 10.0 Å². The molecule has 0 aliphatic carbocycles. The van der Waals surface area contributed by atoms with Gasteiger partial charge in [-0.15, -0.1) is 0 Å². The van der Waals surface area contributed by atoms with Crippen LogP contribution in [0.1, 0.15) is 30.1 Å². The monoisotopic (exact) mass is 546 g/mol. The number of hydrogen-bond acceptors (Lipinski definition) is 8. The van der Waals surface area contributed by atoms with E-state index in [0.717, 1.165) is 28.8 Å². The fourth-order valence-electron chi connectivity index (χ4n) is 4.13. The Morgan fingerprint density at radius 2 is 1.89 bits per heavy atom. The third-order valence-electron chi connectivity index (χ3n) is 6.20. The first-order valence-corrected chi connectivity index (χ1v) is 14.6. The van der Waals surface area contributed by atoms with Gasteiger partial charge in [0.25, 0.3) is 5.91 Å². The molecule has 200 valence electrons. The third kappa shape index (κ3) is 6.47. The van der Waals surface area contributed by atoms with Crippen molar-refractivity contribution < 1.29 is 22.7 Å². The maximum Gasteiger partial charge on any atom is 0.260 e. The Morgan fingerprint density at radius 1 is 1.14 bits per heavy atom. The number of hydrogen-bond donors (Lipinski definition) is 0. The minimum atomic E-state index is -3.69. The third-order valence-corrected chi connectivity index (χ3v) is 9.08. The summed E-state index contributed by atoms with van der Waals surface area (Å²) >= 11 is 1.43. The average molecular weight is 547 g/mol. The lowest BCUT2D eigenvalue weighted by atomic mass is 10.2. The molecule has 1 fully saturated rings. The number of carbonyl (C=O) groups is 1. The van der Waals surface area contributed by atoms with Crippen LogP contribution in [-0.4, -0.2) is 88.6 Å². The molecule has 37 heavy (non-hydrogen) atoms. The van der Waals surface area contributed by atoms with Crippen LogP contribution in [0.25, 0.3) is 10.2 Å². The van der Waals surface area contributed by atoms with Gasteiger partial charge in [0.05, 0.1) is 27.8 Å². The van der Waals surface area contributed by atoms with Crippen LogP contribution in [0.2, 0.25) is 0 Å². The highest BCUT2D eigenvalue weighted by Crippen LogP contribution is 2.32. The van der Waals surface area contributed by atoms with E-state index in [2.05, 4.69) is 0 Å². The predicted molar refractivity (Wildman–Crippen MR) is 146 cm³/mol. The molecule has 3 aromatic rings. The van der Waals surface area contributed by atoms with E-state index in [1.54, 1.807) is 24.1 Å². The van der Waals surface area contributed by atoms with Crippen molar-refractivity contribution >= 4 is 42.6 Å². The molecule has 0 radical (unpaired) electrons. The smallest absolute Gasteiger partial charge is 0.260 e. The highest BCUT2D eigenvalue weighted by atomic mass is 32.2. The zero-order valence-electron chi connectivity index (χ0n) is 21.7. The molecule has 1 atom stereocenters. The van der Waals surface area contributed by atoms with Crippen molar-refractivity contribution in [3.63, 3.8) is 0 Å². The van der Waals surface area contributed by atoms with Crippen LogP contribution < -0.4 is 9.64 Å². The number of anilines is 1. The highest BCUT2D eigenvalue weighted by molar-refractivity contribution is 7.89. The van der Waals surface area contributed by atoms with Gasteiger partial charge in [0.15, 0.2) is 5.13 Å². The van der Waals surface area contributed by atoms with Gasteiger partial charge in [-0.2, -0.15) is 4.31 Å². The molecule has 2 heterocycles. The Hall–Kier alpha value is -2.57. The van der Waals surface area contributed by atoms with E-state index in [9.17, 15) is 13.2 Å². The molecule has 0 bridgehead atoms. The van der Waals surface area contributed by atoms with Gasteiger partial charge in [0, 0.05) is 38.9 Å². The van der Waals surface area contributed by atoms with E-state index >= 15 is 0 Å². The first-order valence-electron chi connectivity index (χ1n) is 12.4. The summed E-state index contributed by atoms with van der Waals surface area (Å²) in [5, 5.41) is 0.587. The van der Waals surface area contributed by atoms with Gasteiger partial charge in [-0.3, -0.25) is 9.69 Å². The molecule has 1 amide bonds. The molecule has 1 unspecified atom stereocenters. The largest absolute Gasteiger partial charge is 0.494 e. The summed E-state index contributed by atoms with van der Waals surface area (Å²) in [4.78, 5) is 22.1. The topological polar surface area (TPSA) is 92.3 Å². The van der Waals surface area contributed by atoms with Crippen LogP contribution in [0.5, 0.6) is 5.75 Å². The highest BCUT2D eigenvalue weighted by Gasteiger charge is 2.27. The number of benzene rings is 2. The number of rotatable bonds is 11. The van der Waals surface area contributed by atoms with Crippen LogP contribution in [0.4, 0.5) is 5.13 Å². The minimum Gasteiger partial charge on any atom is -0.494 e. The maximum absolute atomic E-state index is 13.6. The molecule has 9 nitrogen and oxygen atoms in total. The molecule has 1 aromatic heterocycles. The van der Waals surface area contributed by atoms with Crippen LogP contribution >= 0.6 is 11.3 Å². The predicted octanol–water partition coefficient (Wildman–Crippen LogP) is 3.70. The van der Waals surface area contributed by atoms with Crippen molar-refractivity contribution in [3.05, 3.63) is 48.0 Å². The molecule has 1 aliphatic heterocycles. The van der Waals surface area contributed by atoms with Gasteiger partial charge < -0.3 is 14.4 Å². The van der Waals surface area contributed by atoms with Crippen molar-refractivity contribution in [1.82, 2.24) is 14.2 Å². The number of carbonyl (C=O) groups excluding carboxylic acids is 1. The maximum atomic E-state index is 13.6. The number of sulfonamides is 1. The molecular weight excluding hydrogens is 512 g/mol. The number of ether oxygens (including phenoxy) is 2. The molecule has 0 spiro atoms. The molecule has 1 aliphatic rings. The van der Waals surface area contributed by atoms with Gasteiger partial charge in [0.1, 0.15) is 5.75 Å². The molecule has 11 heteroatoms. The Kier molecular flexibility index (Phi) is 8.81. The zero-order chi connectivity index (χ0) is 26.6. The summed E-state index contributed by atoms with van der Waals surface area (Å²) in [7, 11) is 1.76. The summed E-state index contributed by atoms with van der Waals surface area (Å²) in [6.45, 7) is 4.56. The SMILES string of the molecule is CCOc1ccc2nc(N(CCN(C)C)C(=O)c3ccc(S(=O)(=O)N(C)CC4CCCO4)cc3)sc2c1. The summed E-state index contributed by atoms with van der Waals surface area (Å²) in [5.74, 6) is 0.528. The number of aromatic nitrogens is 1. The number of likely N-dealkylation sites (N-methyl/N-ethyl adjacent to an activating group) is 2. The van der Waals surface area contributed by atoms with Gasteiger partial charge >= 0.3 is 0 Å². The molecule has 0 N–H and O–H groups in total. The second-order valence-corrected chi connectivity index (χ2v) is 12.3. The first-order chi connectivity index (χ1) is 17.7. The lowest BCUT2D eigenvalue weighted by Crippen LogP contribution is -2.37. The van der Waals surface area contributed by atoms with Crippen LogP contribution in [-0.2, 0) is 14.8 Å². The second kappa shape index (κ2) is 11.9. The van der Waals surface area contributed by atoms with E-state index in [0.29, 0.717) is 43.5 Å². The molecule has 0 saturated carbocycles. The normalized spacial score (nSPS) is 16.1. The van der Waals surface area contributed by atoms with E-state index in [4.69, 9.17) is 14.5 Å². The van der Waals surface area contributed by atoms with E-state index in [1.165, 1.54) is 27.8 Å². The Morgan fingerprint density at radius 3 is 2.54 bits per heavy atom. The summed E-state index contributed by atoms with van der Waals surface area (Å²) in [6, 6.07) is 11.8. The number of nitrogens with zero attached hydrogens (tertiary/aromatic N) is 4. The molecule has 2 aromatic carbocycles. The second-order valence-electron chi connectivity index (χ2n) is 9.26. The van der Waals surface area contributed by atoms with Crippen LogP contribution in [0.15, 0.2) is 47.4 Å². The Bertz CT molecular complexity index is 1320. The van der Waals surface area contributed by atoms with Crippen molar-refractivity contribution in [2.24, 2.45) is 0 Å². The van der Waals surface area contributed by atoms with Crippen LogP contribution in [0, 0.1) is 0 Å². The quantitative estimate of drug-likeness (QED) is 0.362. The molecular formula is C26H34N4O5S2. The fraction of sp³-hybridized carbons (Fsp3) is 0.462. The lowest BCUT2D eigenvalue weighted by Gasteiger charge is -2.22. The standard InChI is InChI=1S/C26H34N4O5S2/c1-5-34-20-10-13-23-24(17-20)36-26(27-23)30(15-14-28(2)3)25(31)19-8-11-22(12-9-19)37(32,33)29(4)18-21-7-6-16-35-21/h8-13,17,21H,5-7,14-16,18H2,1-4H3. The Balaban J connectivity index is 1.56. The number of fused-ring (bicyclic) bond motifs is 1. The van der Waals surface area contributed by atoms with E-state index < -0.39 is 10.0 Å². The number of thiazole rings is 1. The van der Waals surface area contributed by atoms with E-state index in [-0.39, 0.29) is 16.9 Å². The zero-order valence-corrected chi connectivity index (χ0v) is 23.3. The molecule has 1 saturated heterocycles. The van der Waals surface area contributed by atoms with E-state index in [1.807, 2.05) is 44.1 Å². The van der Waals surface area contributed by atoms with Crippen molar-refractivity contribution in [1.29, 1.82) is 0 Å². The number of amides is 1. The summed E-state index contributed by atoms with van der Waals surface area (Å²) in [5.41, 5.74) is 1.19. The lowest BCUT2D eigenvalue weighted by molar-refractivity contribution is 0.0978. The minimum absolute atomic E-state index is 0.0793. The average Bonchev–Trinajstić information content (AvgIpc) is 3.53. The van der Waals surface area contributed by atoms with Crippen molar-refractivity contribution in [2.45, 2.75) is 30.8 Å². The molecule has 4 rings (SSSR count). The van der Waals surface area contributed by atoms with Gasteiger partial charge in [-0.25, -0.2) is 13.4 Å². The summed E-state index contributed by atoms with van der Waals surface area (Å²) < 4.78 is 39.6. The van der Waals surface area contributed by atoms with Gasteiger partial charge in [-0.05, 0) is 76.3 Å². The van der Waals surface area contributed by atoms with Crippen LogP contribution in [0.3, 0.4) is 0 Å². The Labute approximate surface area is 222 Å². The van der Waals surface area contributed by atoms with Crippen molar-refractivity contribution in [3.8, 4) is 5.75 Å². The van der Waals surface area contributed by atoms with Gasteiger partial charge in [-0.1, -0.05) is 11.3 Å². The summed E-state index contributed by atoms with van der Waals surface area (Å²) in [6.07, 6.45) is 1.72.